The molecule has 0 N–H and O–H groups in total. The van der Waals surface area contributed by atoms with E-state index in [0.29, 0.717) is 0 Å². The second-order valence-electron chi connectivity index (χ2n) is 3.79. The standard InChI is InChI=1S/C10H12/c1-2-9-7-4-5-8(6-7)10(9)3-1/h1-2,7-8H,3-6H2/t7-,8+/m0/s1. The molecule has 52 valence electrons. The minimum absolute atomic E-state index is 0.985. The third kappa shape index (κ3) is 0.448. The van der Waals surface area contributed by atoms with Gasteiger partial charge in [-0.3, -0.25) is 0 Å². The molecule has 0 unspecified atom stereocenters. The maximum absolute atomic E-state index is 2.37. The van der Waals surface area contributed by atoms with E-state index in [1.807, 2.05) is 0 Å². The van der Waals surface area contributed by atoms with E-state index < -0.39 is 0 Å². The number of rotatable bonds is 0. The Morgan fingerprint density at radius 3 is 3.00 bits per heavy atom. The average molecular weight is 132 g/mol. The van der Waals surface area contributed by atoms with E-state index >= 15 is 0 Å². The zero-order chi connectivity index (χ0) is 6.55. The highest BCUT2D eigenvalue weighted by Crippen LogP contribution is 2.52. The first-order valence-electron chi connectivity index (χ1n) is 4.34. The van der Waals surface area contributed by atoms with E-state index in [0.717, 1.165) is 11.8 Å². The van der Waals surface area contributed by atoms with Crippen molar-refractivity contribution >= 4 is 0 Å². The fraction of sp³-hybridized carbons (Fsp3) is 0.600. The largest absolute Gasteiger partial charge is 0.0802 e. The molecule has 3 aliphatic carbocycles. The van der Waals surface area contributed by atoms with Crippen molar-refractivity contribution in [2.75, 3.05) is 0 Å². The van der Waals surface area contributed by atoms with Gasteiger partial charge >= 0.3 is 0 Å². The van der Waals surface area contributed by atoms with E-state index in [1.165, 1.54) is 25.7 Å². The van der Waals surface area contributed by atoms with Crippen LogP contribution in [0, 0.1) is 11.8 Å². The first-order chi connectivity index (χ1) is 4.95. The molecule has 10 heavy (non-hydrogen) atoms. The summed E-state index contributed by atoms with van der Waals surface area (Å²) in [6.45, 7) is 0. The van der Waals surface area contributed by atoms with Gasteiger partial charge in [0.1, 0.15) is 0 Å². The van der Waals surface area contributed by atoms with Gasteiger partial charge in [-0.1, -0.05) is 17.7 Å². The van der Waals surface area contributed by atoms with Gasteiger partial charge in [-0.05, 0) is 43.1 Å². The van der Waals surface area contributed by atoms with Crippen LogP contribution in [0.15, 0.2) is 23.3 Å². The lowest BCUT2D eigenvalue weighted by atomic mass is 9.94. The first kappa shape index (κ1) is 5.17. The van der Waals surface area contributed by atoms with Crippen LogP contribution in [0.1, 0.15) is 25.7 Å². The molecule has 0 aromatic carbocycles. The minimum atomic E-state index is 0.985. The molecule has 0 heterocycles. The monoisotopic (exact) mass is 132 g/mol. The number of hydrogen-bond acceptors (Lipinski definition) is 0. The second kappa shape index (κ2) is 1.55. The average Bonchev–Trinajstić information content (AvgIpc) is 2.60. The summed E-state index contributed by atoms with van der Waals surface area (Å²) >= 11 is 0. The van der Waals surface area contributed by atoms with Crippen molar-refractivity contribution in [2.24, 2.45) is 11.8 Å². The van der Waals surface area contributed by atoms with Crippen molar-refractivity contribution in [3.05, 3.63) is 23.3 Å². The van der Waals surface area contributed by atoms with Gasteiger partial charge in [0, 0.05) is 0 Å². The molecule has 0 spiro atoms. The van der Waals surface area contributed by atoms with Crippen LogP contribution in [0.4, 0.5) is 0 Å². The summed E-state index contributed by atoms with van der Waals surface area (Å²) in [5, 5.41) is 0. The van der Waals surface area contributed by atoms with Crippen LogP contribution in [0.25, 0.3) is 0 Å². The molecule has 0 radical (unpaired) electrons. The Labute approximate surface area is 61.6 Å². The predicted molar refractivity (Wildman–Crippen MR) is 41.6 cm³/mol. The van der Waals surface area contributed by atoms with Gasteiger partial charge in [0.25, 0.3) is 0 Å². The van der Waals surface area contributed by atoms with Gasteiger partial charge < -0.3 is 0 Å². The molecule has 2 atom stereocenters. The molecule has 0 nitrogen and oxygen atoms in total. The third-order valence-electron chi connectivity index (χ3n) is 3.37. The molecular formula is C10H12. The molecule has 0 aromatic rings. The zero-order valence-electron chi connectivity index (χ0n) is 6.14. The van der Waals surface area contributed by atoms with Crippen molar-refractivity contribution in [3.63, 3.8) is 0 Å². The van der Waals surface area contributed by atoms with Crippen LogP contribution < -0.4 is 0 Å². The normalized spacial score (nSPS) is 41.6. The quantitative estimate of drug-likeness (QED) is 0.475. The van der Waals surface area contributed by atoms with E-state index in [9.17, 15) is 0 Å². The predicted octanol–water partition coefficient (Wildman–Crippen LogP) is 2.67. The summed E-state index contributed by atoms with van der Waals surface area (Å²) < 4.78 is 0. The summed E-state index contributed by atoms with van der Waals surface area (Å²) in [7, 11) is 0. The molecule has 1 saturated carbocycles. The van der Waals surface area contributed by atoms with Gasteiger partial charge in [-0.25, -0.2) is 0 Å². The SMILES string of the molecule is C1=CC2=C(C1)[C@@H]1CC[C@H]2C1. The van der Waals surface area contributed by atoms with Crippen molar-refractivity contribution in [2.45, 2.75) is 25.7 Å². The summed E-state index contributed by atoms with van der Waals surface area (Å²) in [6, 6.07) is 0. The Morgan fingerprint density at radius 2 is 2.10 bits per heavy atom. The van der Waals surface area contributed by atoms with Crippen molar-refractivity contribution < 1.29 is 0 Å². The fourth-order valence-electron chi connectivity index (χ4n) is 2.92. The van der Waals surface area contributed by atoms with Gasteiger partial charge in [0.05, 0.1) is 0 Å². The van der Waals surface area contributed by atoms with E-state index in [4.69, 9.17) is 0 Å². The number of hydrogen-bond donors (Lipinski definition) is 0. The highest BCUT2D eigenvalue weighted by Gasteiger charge is 2.38. The van der Waals surface area contributed by atoms with Crippen LogP contribution >= 0.6 is 0 Å². The molecule has 2 bridgehead atoms. The maximum atomic E-state index is 2.37. The van der Waals surface area contributed by atoms with Gasteiger partial charge in [-0.15, -0.1) is 0 Å². The van der Waals surface area contributed by atoms with E-state index in [-0.39, 0.29) is 0 Å². The fourth-order valence-corrected chi connectivity index (χ4v) is 2.92. The number of fused-ring (bicyclic) bond motifs is 4. The highest BCUT2D eigenvalue weighted by atomic mass is 14.4. The third-order valence-corrected chi connectivity index (χ3v) is 3.37. The summed E-state index contributed by atoms with van der Waals surface area (Å²) in [5.74, 6) is 1.99. The topological polar surface area (TPSA) is 0 Å². The molecule has 0 heteroatoms. The number of allylic oxidation sites excluding steroid dienone is 4. The van der Waals surface area contributed by atoms with E-state index in [2.05, 4.69) is 12.2 Å². The summed E-state index contributed by atoms with van der Waals surface area (Å²) in [4.78, 5) is 0. The Hall–Kier alpha value is -0.520. The lowest BCUT2D eigenvalue weighted by Gasteiger charge is -2.11. The molecule has 0 amide bonds. The van der Waals surface area contributed by atoms with E-state index in [1.54, 1.807) is 11.1 Å². The zero-order valence-corrected chi connectivity index (χ0v) is 6.14. The molecular weight excluding hydrogens is 120 g/mol. The van der Waals surface area contributed by atoms with Crippen molar-refractivity contribution in [1.82, 2.24) is 0 Å². The maximum Gasteiger partial charge on any atom is -0.0127 e. The van der Waals surface area contributed by atoms with Gasteiger partial charge in [-0.2, -0.15) is 0 Å². The molecule has 0 aliphatic heterocycles. The van der Waals surface area contributed by atoms with Gasteiger partial charge in [0.15, 0.2) is 0 Å². The molecule has 3 aliphatic rings. The molecule has 0 aromatic heterocycles. The first-order valence-corrected chi connectivity index (χ1v) is 4.34. The summed E-state index contributed by atoms with van der Waals surface area (Å²) in [5.41, 5.74) is 3.53. The Balaban J connectivity index is 2.12. The van der Waals surface area contributed by atoms with Crippen LogP contribution in [-0.4, -0.2) is 0 Å². The summed E-state index contributed by atoms with van der Waals surface area (Å²) in [6.07, 6.45) is 10.5. The van der Waals surface area contributed by atoms with Crippen LogP contribution in [-0.2, 0) is 0 Å². The van der Waals surface area contributed by atoms with Crippen molar-refractivity contribution in [1.29, 1.82) is 0 Å². The second-order valence-corrected chi connectivity index (χ2v) is 3.79. The van der Waals surface area contributed by atoms with Gasteiger partial charge in [0.2, 0.25) is 0 Å². The smallest absolute Gasteiger partial charge is 0.0127 e. The molecule has 1 fully saturated rings. The molecule has 0 saturated heterocycles. The Bertz CT molecular complexity index is 232. The van der Waals surface area contributed by atoms with Crippen molar-refractivity contribution in [3.8, 4) is 0 Å². The lowest BCUT2D eigenvalue weighted by Crippen LogP contribution is -1.97. The lowest BCUT2D eigenvalue weighted by molar-refractivity contribution is 0.645. The van der Waals surface area contributed by atoms with Crippen LogP contribution in [0.5, 0.6) is 0 Å². The van der Waals surface area contributed by atoms with Crippen LogP contribution in [0.3, 0.4) is 0 Å². The minimum Gasteiger partial charge on any atom is -0.0802 e. The molecule has 3 rings (SSSR count). The Morgan fingerprint density at radius 1 is 1.20 bits per heavy atom. The Kier molecular flexibility index (Phi) is 0.803. The van der Waals surface area contributed by atoms with Crippen LogP contribution in [0.2, 0.25) is 0 Å². The highest BCUT2D eigenvalue weighted by molar-refractivity contribution is 5.42.